The molecule has 2 atom stereocenters. The van der Waals surface area contributed by atoms with Gasteiger partial charge in [0, 0.05) is 18.8 Å². The van der Waals surface area contributed by atoms with Crippen LogP contribution in [-0.2, 0) is 35.8 Å². The number of carbonyl (C=O) groups excluding carboxylic acids is 6. The molecule has 1 aromatic carbocycles. The second kappa shape index (κ2) is 13.2. The number of nitrogens with one attached hydrogen (secondary N) is 4. The molecule has 1 aromatic heterocycles. The number of H-pyrrole nitrogens is 1. The van der Waals surface area contributed by atoms with Crippen LogP contribution in [0, 0.1) is 0 Å². The predicted molar refractivity (Wildman–Crippen MR) is 145 cm³/mol. The number of urea groups is 2. The third-order valence-electron chi connectivity index (χ3n) is 6.29. The molecule has 0 saturated carbocycles. The van der Waals surface area contributed by atoms with E-state index in [1.807, 2.05) is 0 Å². The highest BCUT2D eigenvalue weighted by Crippen LogP contribution is 2.25. The summed E-state index contributed by atoms with van der Waals surface area (Å²) in [6.45, 7) is -1.65. The molecule has 5 N–H and O–H groups in total. The highest BCUT2D eigenvalue weighted by atomic mass is 32.2. The Bertz CT molecular complexity index is 1680. The molecule has 4 rings (SSSR count). The summed E-state index contributed by atoms with van der Waals surface area (Å²) in [5.41, 5.74) is 0.663. The average Bonchev–Trinajstić information content (AvgIpc) is 3.47. The van der Waals surface area contributed by atoms with Gasteiger partial charge in [0.15, 0.2) is 5.75 Å². The number of alkyl carbamates (subject to hydrolysis) is 1. The van der Waals surface area contributed by atoms with Crippen LogP contribution in [0.15, 0.2) is 47.4 Å². The first-order chi connectivity index (χ1) is 21.3. The molecule has 45 heavy (non-hydrogen) atoms. The van der Waals surface area contributed by atoms with E-state index in [2.05, 4.69) is 20.4 Å². The number of imide groups is 1. The number of methoxy groups -OCH3 is 1. The molecular formula is C24H25N7O13S. The lowest BCUT2D eigenvalue weighted by Crippen LogP contribution is -2.76. The molecule has 2 aromatic rings. The summed E-state index contributed by atoms with van der Waals surface area (Å²) in [7, 11) is -4.30. The number of ether oxygens (including phenoxy) is 3. The number of hydrazine groups is 1. The van der Waals surface area contributed by atoms with Crippen LogP contribution in [0.25, 0.3) is 0 Å². The van der Waals surface area contributed by atoms with E-state index in [1.54, 1.807) is 35.8 Å². The maximum atomic E-state index is 13.7. The number of carbonyl (C=O) groups is 6. The number of aromatic amines is 1. The smallest absolute Gasteiger partial charge is 0.503 e. The minimum Gasteiger partial charge on any atom is -0.503 e. The van der Waals surface area contributed by atoms with Gasteiger partial charge in [-0.15, -0.1) is 4.41 Å². The van der Waals surface area contributed by atoms with Crippen molar-refractivity contribution in [1.29, 1.82) is 0 Å². The highest BCUT2D eigenvalue weighted by Gasteiger charge is 2.56. The van der Waals surface area contributed by atoms with Crippen LogP contribution >= 0.6 is 0 Å². The molecule has 240 valence electrons. The summed E-state index contributed by atoms with van der Waals surface area (Å²) in [6, 6.07) is 2.95. The van der Waals surface area contributed by atoms with Gasteiger partial charge in [-0.3, -0.25) is 19.3 Å². The Morgan fingerprint density at radius 2 is 1.82 bits per heavy atom. The maximum Gasteiger partial charge on any atom is 0.508 e. The fraction of sp³-hybridized carbons (Fsp3) is 0.292. The molecule has 21 heteroatoms. The number of pyridine rings is 1. The predicted octanol–water partition coefficient (Wildman–Crippen LogP) is -1.29. The zero-order chi connectivity index (χ0) is 32.9. The number of rotatable bonds is 8. The Kier molecular flexibility index (Phi) is 9.40. The number of hydrogen-bond donors (Lipinski definition) is 5. The molecule has 0 bridgehead atoms. The minimum absolute atomic E-state index is 0.158. The first-order valence-electron chi connectivity index (χ1n) is 12.7. The molecular weight excluding hydrogens is 626 g/mol. The summed E-state index contributed by atoms with van der Waals surface area (Å²) in [4.78, 5) is 90.3. The van der Waals surface area contributed by atoms with Crippen molar-refractivity contribution in [3.63, 3.8) is 0 Å². The van der Waals surface area contributed by atoms with Crippen molar-refractivity contribution in [3.05, 3.63) is 64.1 Å². The van der Waals surface area contributed by atoms with Crippen molar-refractivity contribution in [1.82, 2.24) is 34.7 Å². The third kappa shape index (κ3) is 6.87. The van der Waals surface area contributed by atoms with Crippen LogP contribution in [0.2, 0.25) is 0 Å². The van der Waals surface area contributed by atoms with Crippen LogP contribution in [0.3, 0.4) is 0 Å². The monoisotopic (exact) mass is 651 g/mol. The van der Waals surface area contributed by atoms with E-state index in [1.165, 1.54) is 0 Å². The first-order valence-corrected chi connectivity index (χ1v) is 14.1. The van der Waals surface area contributed by atoms with E-state index >= 15 is 0 Å². The molecule has 2 fully saturated rings. The molecule has 0 spiro atoms. The third-order valence-corrected chi connectivity index (χ3v) is 7.91. The average molecular weight is 652 g/mol. The van der Waals surface area contributed by atoms with E-state index in [0.29, 0.717) is 11.6 Å². The van der Waals surface area contributed by atoms with Crippen LogP contribution in [-0.4, -0.2) is 107 Å². The van der Waals surface area contributed by atoms with Gasteiger partial charge < -0.3 is 34.9 Å². The fourth-order valence-electron chi connectivity index (χ4n) is 4.04. The van der Waals surface area contributed by atoms with Crippen molar-refractivity contribution in [3.8, 4) is 5.75 Å². The quantitative estimate of drug-likeness (QED) is 0.126. The van der Waals surface area contributed by atoms with Crippen molar-refractivity contribution in [2.75, 3.05) is 26.8 Å². The number of β-lactam (4-membered cyclic amide) rings is 1. The molecule has 0 aliphatic carbocycles. The van der Waals surface area contributed by atoms with Crippen LogP contribution in [0.5, 0.6) is 5.75 Å². The Labute approximate surface area is 253 Å². The van der Waals surface area contributed by atoms with Crippen molar-refractivity contribution in [2.24, 2.45) is 0 Å². The Balaban J connectivity index is 1.60. The lowest BCUT2D eigenvalue weighted by Gasteiger charge is -2.45. The molecule has 2 aliphatic rings. The second-order valence-electron chi connectivity index (χ2n) is 9.12. The molecule has 2 unspecified atom stereocenters. The van der Waals surface area contributed by atoms with Gasteiger partial charge in [-0.1, -0.05) is 30.3 Å². The molecule has 20 nitrogen and oxygen atoms in total. The van der Waals surface area contributed by atoms with Gasteiger partial charge >= 0.3 is 34.5 Å². The summed E-state index contributed by atoms with van der Waals surface area (Å²) < 4.78 is 41.0. The van der Waals surface area contributed by atoms with Crippen LogP contribution < -0.4 is 21.5 Å². The largest absolute Gasteiger partial charge is 0.508 e. The van der Waals surface area contributed by atoms with Gasteiger partial charge in [-0.25, -0.2) is 28.9 Å². The van der Waals surface area contributed by atoms with Crippen LogP contribution in [0.4, 0.5) is 19.2 Å². The number of nitrogens with zero attached hydrogens (tertiary/aromatic N) is 3. The Morgan fingerprint density at radius 1 is 1.11 bits per heavy atom. The second-order valence-corrected chi connectivity index (χ2v) is 10.8. The normalized spacial score (nSPS) is 17.4. The standard InChI is InChI=1S/C24H25N7O13S/c1-42-24(39)44-12-15-18(27-22(37)43-11-13-5-3-2-4-6-13)20(35)30(15)23(38)31(45(40,41)29-8-7-25-21(29)36)28-19(34)14-9-16(32)17(33)10-26-14/h2-6,9-10,15,18,33H,7-8,11-12H2,1H3,(H,25,36)(H,26,32)(H,27,37)(H,28,34). The summed E-state index contributed by atoms with van der Waals surface area (Å²) in [5.74, 6) is -3.41. The highest BCUT2D eigenvalue weighted by molar-refractivity contribution is 7.87. The van der Waals surface area contributed by atoms with Gasteiger partial charge in [0.1, 0.15) is 31.0 Å². The van der Waals surface area contributed by atoms with Gasteiger partial charge in [-0.2, -0.15) is 8.42 Å². The first kappa shape index (κ1) is 32.1. The molecule has 2 saturated heterocycles. The van der Waals surface area contributed by atoms with Crippen molar-refractivity contribution < 1.29 is 56.5 Å². The van der Waals surface area contributed by atoms with Crippen LogP contribution in [0.1, 0.15) is 16.1 Å². The molecule has 7 amide bonds. The topological polar surface area (TPSA) is 263 Å². The fourth-order valence-corrected chi connectivity index (χ4v) is 5.31. The van der Waals surface area contributed by atoms with Gasteiger partial charge in [0.25, 0.3) is 11.8 Å². The lowest BCUT2D eigenvalue weighted by atomic mass is 9.96. The molecule has 3 heterocycles. The molecule has 0 radical (unpaired) electrons. The number of benzene rings is 1. The number of hydrogen-bond acceptors (Lipinski definition) is 13. The zero-order valence-electron chi connectivity index (χ0n) is 23.1. The van der Waals surface area contributed by atoms with Crippen molar-refractivity contribution >= 4 is 46.3 Å². The van der Waals surface area contributed by atoms with Crippen molar-refractivity contribution in [2.45, 2.75) is 18.7 Å². The van der Waals surface area contributed by atoms with E-state index < -0.39 is 88.4 Å². The zero-order valence-corrected chi connectivity index (χ0v) is 23.9. The van der Waals surface area contributed by atoms with Gasteiger partial charge in [0.05, 0.1) is 13.7 Å². The summed E-state index contributed by atoms with van der Waals surface area (Å²) >= 11 is 0. The molecule has 2 aliphatic heterocycles. The Hall–Kier alpha value is -5.86. The summed E-state index contributed by atoms with van der Waals surface area (Å²) in [6.07, 6.45) is -1.65. The van der Waals surface area contributed by atoms with E-state index in [4.69, 9.17) is 9.47 Å². The Morgan fingerprint density at radius 3 is 2.44 bits per heavy atom. The number of likely N-dealkylation sites (tertiary alicyclic amines) is 1. The van der Waals surface area contributed by atoms with E-state index in [9.17, 15) is 47.1 Å². The minimum atomic E-state index is -5.26. The summed E-state index contributed by atoms with van der Waals surface area (Å²) in [5, 5.41) is 13.8. The van der Waals surface area contributed by atoms with Gasteiger partial charge in [-0.05, 0) is 5.56 Å². The van der Waals surface area contributed by atoms with E-state index in [-0.39, 0.29) is 26.8 Å². The number of amides is 7. The SMILES string of the molecule is COC(=O)OCC1C(NC(=O)OCc2ccccc2)C(=O)N1C(=O)N(NC(=O)c1cc(=O)c(O)c[nH]1)S(=O)(=O)N1CCNC1=O. The number of aromatic nitrogens is 1. The number of aromatic hydroxyl groups is 1. The maximum absolute atomic E-state index is 13.7. The van der Waals surface area contributed by atoms with E-state index in [0.717, 1.165) is 13.3 Å². The lowest BCUT2D eigenvalue weighted by molar-refractivity contribution is -0.148. The van der Waals surface area contributed by atoms with Gasteiger partial charge in [0.2, 0.25) is 5.43 Å².